The number of methoxy groups -OCH3 is 2. The van der Waals surface area contributed by atoms with Crippen LogP contribution in [0.4, 0.5) is 5.69 Å². The second-order valence-electron chi connectivity index (χ2n) is 4.34. The van der Waals surface area contributed by atoms with Crippen molar-refractivity contribution in [1.82, 2.24) is 4.90 Å². The molecule has 1 heterocycles. The summed E-state index contributed by atoms with van der Waals surface area (Å²) >= 11 is 6.03. The fourth-order valence-electron chi connectivity index (χ4n) is 2.16. The van der Waals surface area contributed by atoms with E-state index < -0.39 is 0 Å². The summed E-state index contributed by atoms with van der Waals surface area (Å²) in [6.07, 6.45) is 0. The van der Waals surface area contributed by atoms with Gasteiger partial charge in [0, 0.05) is 45.0 Å². The normalized spacial score (nSPS) is 16.9. The molecule has 4 nitrogen and oxygen atoms in total. The monoisotopic (exact) mass is 270 g/mol. The number of anilines is 1. The summed E-state index contributed by atoms with van der Waals surface area (Å²) in [6, 6.07) is 5.92. The van der Waals surface area contributed by atoms with Gasteiger partial charge >= 0.3 is 0 Å². The van der Waals surface area contributed by atoms with Crippen LogP contribution in [0.15, 0.2) is 18.2 Å². The Bertz CT molecular complexity index is 393. The molecular weight excluding hydrogens is 252 g/mol. The molecule has 1 aliphatic rings. The zero-order chi connectivity index (χ0) is 13.0. The number of halogens is 1. The van der Waals surface area contributed by atoms with Crippen molar-refractivity contribution in [3.63, 3.8) is 0 Å². The maximum Gasteiger partial charge on any atom is 0.139 e. The Morgan fingerprint density at radius 3 is 2.50 bits per heavy atom. The molecule has 0 radical (unpaired) electrons. The fraction of sp³-hybridized carbons (Fsp3) is 0.538. The van der Waals surface area contributed by atoms with Gasteiger partial charge in [0.25, 0.3) is 0 Å². The van der Waals surface area contributed by atoms with Crippen LogP contribution in [0.5, 0.6) is 5.75 Å². The van der Waals surface area contributed by atoms with Gasteiger partial charge in [-0.05, 0) is 12.1 Å². The van der Waals surface area contributed by atoms with E-state index >= 15 is 0 Å². The molecule has 1 fully saturated rings. The quantitative estimate of drug-likeness (QED) is 0.836. The maximum atomic E-state index is 6.03. The number of rotatable bonds is 4. The Morgan fingerprint density at radius 2 is 1.89 bits per heavy atom. The van der Waals surface area contributed by atoms with Crippen molar-refractivity contribution in [1.29, 1.82) is 0 Å². The first-order chi connectivity index (χ1) is 8.74. The molecule has 2 rings (SSSR count). The van der Waals surface area contributed by atoms with Crippen LogP contribution in [0.1, 0.15) is 0 Å². The van der Waals surface area contributed by atoms with E-state index in [-0.39, 0.29) is 0 Å². The van der Waals surface area contributed by atoms with Crippen LogP contribution in [0.25, 0.3) is 0 Å². The summed E-state index contributed by atoms with van der Waals surface area (Å²) in [5.41, 5.74) is 1.16. The molecule has 1 aromatic rings. The predicted octanol–water partition coefficient (Wildman–Crippen LogP) is 2.07. The molecule has 0 unspecified atom stereocenters. The number of hydrogen-bond acceptors (Lipinski definition) is 4. The van der Waals surface area contributed by atoms with Crippen molar-refractivity contribution in [3.8, 4) is 5.75 Å². The molecule has 0 bridgehead atoms. The van der Waals surface area contributed by atoms with Gasteiger partial charge in [-0.1, -0.05) is 11.6 Å². The summed E-state index contributed by atoms with van der Waals surface area (Å²) in [7, 11) is 3.37. The highest BCUT2D eigenvalue weighted by Crippen LogP contribution is 2.29. The van der Waals surface area contributed by atoms with Gasteiger partial charge in [0.15, 0.2) is 0 Å². The molecule has 18 heavy (non-hydrogen) atoms. The van der Waals surface area contributed by atoms with Crippen molar-refractivity contribution in [2.45, 2.75) is 0 Å². The lowest BCUT2D eigenvalue weighted by atomic mass is 10.2. The van der Waals surface area contributed by atoms with Crippen LogP contribution >= 0.6 is 11.6 Å². The van der Waals surface area contributed by atoms with E-state index in [0.717, 1.165) is 37.6 Å². The van der Waals surface area contributed by atoms with Gasteiger partial charge in [0.1, 0.15) is 5.75 Å². The highest BCUT2D eigenvalue weighted by Gasteiger charge is 2.17. The summed E-state index contributed by atoms with van der Waals surface area (Å²) in [5, 5.41) is 0.652. The lowest BCUT2D eigenvalue weighted by molar-refractivity contribution is 0.0596. The molecule has 0 spiro atoms. The fourth-order valence-corrected chi connectivity index (χ4v) is 2.36. The second-order valence-corrected chi connectivity index (χ2v) is 4.75. The van der Waals surface area contributed by atoms with Crippen molar-refractivity contribution >= 4 is 17.3 Å². The minimum absolute atomic E-state index is 0.652. The molecule has 0 aromatic heterocycles. The zero-order valence-electron chi connectivity index (χ0n) is 10.9. The number of hydrogen-bond donors (Lipinski definition) is 0. The molecule has 0 aliphatic carbocycles. The standard InChI is InChI=1S/C13H19ClN2O2/c1-17-10-15-5-7-16(8-6-15)11-3-4-12(14)13(9-11)18-2/h3-4,9H,5-8,10H2,1-2H3. The lowest BCUT2D eigenvalue weighted by Crippen LogP contribution is -2.46. The summed E-state index contributed by atoms with van der Waals surface area (Å²) in [4.78, 5) is 4.63. The Kier molecular flexibility index (Phi) is 4.69. The highest BCUT2D eigenvalue weighted by atomic mass is 35.5. The third-order valence-electron chi connectivity index (χ3n) is 3.18. The molecule has 100 valence electrons. The zero-order valence-corrected chi connectivity index (χ0v) is 11.6. The number of nitrogens with zero attached hydrogens (tertiary/aromatic N) is 2. The number of piperazine rings is 1. The van der Waals surface area contributed by atoms with Crippen molar-refractivity contribution in [3.05, 3.63) is 23.2 Å². The largest absolute Gasteiger partial charge is 0.495 e. The molecule has 0 saturated carbocycles. The molecule has 1 aliphatic heterocycles. The van der Waals surface area contributed by atoms with Crippen molar-refractivity contribution < 1.29 is 9.47 Å². The highest BCUT2D eigenvalue weighted by molar-refractivity contribution is 6.32. The van der Waals surface area contributed by atoms with Crippen LogP contribution in [-0.4, -0.2) is 52.0 Å². The van der Waals surface area contributed by atoms with E-state index in [1.807, 2.05) is 18.2 Å². The number of ether oxygens (including phenoxy) is 2. The van der Waals surface area contributed by atoms with Gasteiger partial charge in [-0.2, -0.15) is 0 Å². The maximum absolute atomic E-state index is 6.03. The molecule has 0 amide bonds. The summed E-state index contributed by atoms with van der Waals surface area (Å²) < 4.78 is 10.4. The third-order valence-corrected chi connectivity index (χ3v) is 3.50. The van der Waals surface area contributed by atoms with Gasteiger partial charge in [-0.25, -0.2) is 0 Å². The first-order valence-corrected chi connectivity index (χ1v) is 6.42. The van der Waals surface area contributed by atoms with Crippen LogP contribution in [0, 0.1) is 0 Å². The predicted molar refractivity (Wildman–Crippen MR) is 73.7 cm³/mol. The van der Waals surface area contributed by atoms with Crippen molar-refractivity contribution in [2.75, 3.05) is 52.0 Å². The minimum Gasteiger partial charge on any atom is -0.495 e. The van der Waals surface area contributed by atoms with Gasteiger partial charge in [0.05, 0.1) is 18.9 Å². The lowest BCUT2D eigenvalue weighted by Gasteiger charge is -2.35. The average molecular weight is 271 g/mol. The molecular formula is C13H19ClN2O2. The van der Waals surface area contributed by atoms with Gasteiger partial charge in [-0.3, -0.25) is 4.90 Å². The van der Waals surface area contributed by atoms with E-state index in [4.69, 9.17) is 21.1 Å². The van der Waals surface area contributed by atoms with Gasteiger partial charge in [0.2, 0.25) is 0 Å². The number of benzene rings is 1. The van der Waals surface area contributed by atoms with E-state index in [1.165, 1.54) is 0 Å². The molecule has 1 saturated heterocycles. The first-order valence-electron chi connectivity index (χ1n) is 6.04. The summed E-state index contributed by atoms with van der Waals surface area (Å²) in [6.45, 7) is 4.72. The van der Waals surface area contributed by atoms with E-state index in [9.17, 15) is 0 Å². The van der Waals surface area contributed by atoms with Gasteiger partial charge in [-0.15, -0.1) is 0 Å². The first kappa shape index (κ1) is 13.5. The molecule has 1 aromatic carbocycles. The van der Waals surface area contributed by atoms with E-state index in [1.54, 1.807) is 14.2 Å². The van der Waals surface area contributed by atoms with E-state index in [0.29, 0.717) is 11.8 Å². The molecule has 0 atom stereocenters. The Hall–Kier alpha value is -0.970. The Labute approximate surface area is 113 Å². The Morgan fingerprint density at radius 1 is 1.17 bits per heavy atom. The van der Waals surface area contributed by atoms with E-state index in [2.05, 4.69) is 9.80 Å². The average Bonchev–Trinajstić information content (AvgIpc) is 2.41. The van der Waals surface area contributed by atoms with Crippen LogP contribution in [-0.2, 0) is 4.74 Å². The topological polar surface area (TPSA) is 24.9 Å². The van der Waals surface area contributed by atoms with Crippen LogP contribution < -0.4 is 9.64 Å². The van der Waals surface area contributed by atoms with Crippen LogP contribution in [0.2, 0.25) is 5.02 Å². The molecule has 0 N–H and O–H groups in total. The smallest absolute Gasteiger partial charge is 0.139 e. The van der Waals surface area contributed by atoms with Gasteiger partial charge < -0.3 is 14.4 Å². The Balaban J connectivity index is 2.01. The minimum atomic E-state index is 0.652. The second kappa shape index (κ2) is 6.27. The van der Waals surface area contributed by atoms with Crippen LogP contribution in [0.3, 0.4) is 0 Å². The SMILES string of the molecule is COCN1CCN(c2ccc(Cl)c(OC)c2)CC1. The molecule has 5 heteroatoms. The summed E-state index contributed by atoms with van der Waals surface area (Å²) in [5.74, 6) is 0.730. The third kappa shape index (κ3) is 3.07. The van der Waals surface area contributed by atoms with Crippen molar-refractivity contribution in [2.24, 2.45) is 0 Å².